The van der Waals surface area contributed by atoms with Crippen LogP contribution < -0.4 is 0 Å². The molecule has 6 heteroatoms. The molecule has 2 heterocycles. The van der Waals surface area contributed by atoms with E-state index in [-0.39, 0.29) is 12.4 Å². The minimum Gasteiger partial charge on any atom is -0.353 e. The van der Waals surface area contributed by atoms with Gasteiger partial charge in [-0.2, -0.15) is 0 Å². The fourth-order valence-electron chi connectivity index (χ4n) is 2.85. The van der Waals surface area contributed by atoms with Crippen molar-refractivity contribution in [3.05, 3.63) is 28.4 Å². The van der Waals surface area contributed by atoms with Crippen LogP contribution in [0.4, 0.5) is 0 Å². The van der Waals surface area contributed by atoms with Gasteiger partial charge >= 0.3 is 0 Å². The molecule has 1 saturated heterocycles. The number of aromatic nitrogens is 2. The molecule has 0 aliphatic carbocycles. The van der Waals surface area contributed by atoms with Gasteiger partial charge in [-0.1, -0.05) is 6.58 Å². The van der Waals surface area contributed by atoms with Crippen LogP contribution in [0.2, 0.25) is 0 Å². The van der Waals surface area contributed by atoms with Crippen LogP contribution >= 0.6 is 15.9 Å². The highest BCUT2D eigenvalue weighted by molar-refractivity contribution is 9.11. The monoisotopic (exact) mass is 383 g/mol. The summed E-state index contributed by atoms with van der Waals surface area (Å²) < 4.78 is 14.5. The summed E-state index contributed by atoms with van der Waals surface area (Å²) in [5.74, 6) is 0.910. The average Bonchev–Trinajstić information content (AvgIpc) is 2.83. The first-order valence-electron chi connectivity index (χ1n) is 8.14. The first kappa shape index (κ1) is 18.4. The van der Waals surface area contributed by atoms with E-state index in [4.69, 9.17) is 14.5 Å². The van der Waals surface area contributed by atoms with Gasteiger partial charge in [-0.15, -0.1) is 0 Å². The molecule has 1 aromatic rings. The van der Waals surface area contributed by atoms with Crippen LogP contribution in [0.1, 0.15) is 69.4 Å². The number of halogens is 1. The Morgan fingerprint density at radius 2 is 2.22 bits per heavy atom. The zero-order valence-electron chi connectivity index (χ0n) is 14.4. The Morgan fingerprint density at radius 3 is 2.78 bits per heavy atom. The van der Waals surface area contributed by atoms with Gasteiger partial charge in [0.15, 0.2) is 6.29 Å². The van der Waals surface area contributed by atoms with Crippen molar-refractivity contribution in [3.8, 4) is 0 Å². The van der Waals surface area contributed by atoms with Gasteiger partial charge in [-0.05, 0) is 62.9 Å². The molecule has 0 aromatic carbocycles. The van der Waals surface area contributed by atoms with Crippen molar-refractivity contribution >= 4 is 22.1 Å². The second-order valence-corrected chi connectivity index (χ2v) is 7.03. The molecule has 1 aliphatic heterocycles. The lowest BCUT2D eigenvalue weighted by molar-refractivity contribution is -0.188. The van der Waals surface area contributed by atoms with Crippen molar-refractivity contribution in [3.63, 3.8) is 0 Å². The Hall–Kier alpha value is -0.980. The molecule has 1 aromatic heterocycles. The zero-order chi connectivity index (χ0) is 17.0. The van der Waals surface area contributed by atoms with E-state index in [0.29, 0.717) is 10.6 Å². The highest BCUT2D eigenvalue weighted by atomic mass is 79.9. The minimum atomic E-state index is -0.131. The fraction of sp³-hybridized carbons (Fsp3) is 0.647. The lowest BCUT2D eigenvalue weighted by Gasteiger charge is -2.26. The summed E-state index contributed by atoms with van der Waals surface area (Å²) in [6, 6.07) is 0.296. The van der Waals surface area contributed by atoms with Crippen molar-refractivity contribution in [2.24, 2.45) is 4.99 Å². The molecule has 5 nitrogen and oxygen atoms in total. The van der Waals surface area contributed by atoms with Gasteiger partial charge in [0.1, 0.15) is 17.6 Å². The number of imidazole rings is 1. The van der Waals surface area contributed by atoms with Crippen LogP contribution in [0.15, 0.2) is 16.2 Å². The molecule has 0 amide bonds. The Kier molecular flexibility index (Phi) is 6.56. The molecule has 1 aliphatic rings. The topological polar surface area (TPSA) is 48.6 Å². The van der Waals surface area contributed by atoms with Crippen molar-refractivity contribution in [2.45, 2.75) is 65.4 Å². The molecule has 0 radical (unpaired) electrons. The summed E-state index contributed by atoms with van der Waals surface area (Å²) in [5, 5.41) is 0. The van der Waals surface area contributed by atoms with E-state index in [1.54, 1.807) is 6.21 Å². The van der Waals surface area contributed by atoms with Crippen molar-refractivity contribution in [1.82, 2.24) is 9.55 Å². The van der Waals surface area contributed by atoms with Gasteiger partial charge in [-0.3, -0.25) is 0 Å². The average molecular weight is 384 g/mol. The van der Waals surface area contributed by atoms with Gasteiger partial charge in [0.2, 0.25) is 0 Å². The Morgan fingerprint density at radius 1 is 1.48 bits per heavy atom. The molecule has 23 heavy (non-hydrogen) atoms. The summed E-state index contributed by atoms with van der Waals surface area (Å²) in [6.45, 7) is 12.9. The SMILES string of the molecule is C=C(Br)N=Cc1nc([C@H](C)OC2CCCCO2)n(C(C)C)c1C. The second kappa shape index (κ2) is 8.22. The van der Waals surface area contributed by atoms with Gasteiger partial charge in [0, 0.05) is 18.3 Å². The largest absolute Gasteiger partial charge is 0.353 e. The zero-order valence-corrected chi connectivity index (χ0v) is 16.0. The lowest BCUT2D eigenvalue weighted by Crippen LogP contribution is -2.25. The smallest absolute Gasteiger partial charge is 0.158 e. The van der Waals surface area contributed by atoms with Gasteiger partial charge in [-0.25, -0.2) is 9.98 Å². The number of rotatable bonds is 6. The third-order valence-electron chi connectivity index (χ3n) is 3.91. The van der Waals surface area contributed by atoms with Gasteiger partial charge < -0.3 is 14.0 Å². The van der Waals surface area contributed by atoms with Gasteiger partial charge in [0.05, 0.1) is 10.8 Å². The summed E-state index contributed by atoms with van der Waals surface area (Å²) >= 11 is 3.24. The fourth-order valence-corrected chi connectivity index (χ4v) is 2.95. The van der Waals surface area contributed by atoms with E-state index >= 15 is 0 Å². The van der Waals surface area contributed by atoms with Crippen molar-refractivity contribution < 1.29 is 9.47 Å². The molecule has 0 saturated carbocycles. The van der Waals surface area contributed by atoms with Crippen LogP contribution in [0, 0.1) is 6.92 Å². The Balaban J connectivity index is 2.24. The molecule has 128 valence electrons. The maximum atomic E-state index is 6.09. The van der Waals surface area contributed by atoms with Crippen molar-refractivity contribution in [2.75, 3.05) is 6.61 Å². The van der Waals surface area contributed by atoms with Crippen molar-refractivity contribution in [1.29, 1.82) is 0 Å². The van der Waals surface area contributed by atoms with E-state index in [1.807, 2.05) is 6.92 Å². The predicted octanol–water partition coefficient (Wildman–Crippen LogP) is 4.66. The summed E-state index contributed by atoms with van der Waals surface area (Å²) in [7, 11) is 0. The van der Waals surface area contributed by atoms with E-state index in [1.165, 1.54) is 0 Å². The van der Waals surface area contributed by atoms with E-state index in [0.717, 1.165) is 43.1 Å². The van der Waals surface area contributed by atoms with Gasteiger partial charge in [0.25, 0.3) is 0 Å². The minimum absolute atomic E-state index is 0.129. The molecule has 2 atom stereocenters. The lowest BCUT2D eigenvalue weighted by atomic mass is 10.2. The maximum absolute atomic E-state index is 6.09. The highest BCUT2D eigenvalue weighted by Gasteiger charge is 2.24. The van der Waals surface area contributed by atoms with E-state index in [2.05, 4.69) is 52.8 Å². The molecule has 2 rings (SSSR count). The number of nitrogens with zero attached hydrogens (tertiary/aromatic N) is 3. The van der Waals surface area contributed by atoms with Crippen LogP contribution in [0.5, 0.6) is 0 Å². The standard InChI is InChI=1S/C17H26BrN3O2/c1-11(2)21-12(3)15(10-19-14(5)18)20-17(21)13(4)23-16-8-6-7-9-22-16/h10-11,13,16H,5-9H2,1-4H3/t13-,16?/m0/s1. The first-order valence-corrected chi connectivity index (χ1v) is 8.93. The molecule has 0 spiro atoms. The Bertz CT molecular complexity index is 575. The molecule has 1 fully saturated rings. The van der Waals surface area contributed by atoms with E-state index in [9.17, 15) is 0 Å². The van der Waals surface area contributed by atoms with Crippen LogP contribution in [-0.2, 0) is 9.47 Å². The van der Waals surface area contributed by atoms with E-state index < -0.39 is 0 Å². The third-order valence-corrected chi connectivity index (χ3v) is 4.12. The second-order valence-electron chi connectivity index (χ2n) is 6.11. The third kappa shape index (κ3) is 4.75. The molecule has 1 unspecified atom stereocenters. The normalized spacial score (nSPS) is 20.3. The van der Waals surface area contributed by atoms with Crippen LogP contribution in [0.25, 0.3) is 0 Å². The number of hydrogen-bond acceptors (Lipinski definition) is 4. The maximum Gasteiger partial charge on any atom is 0.158 e. The molecular formula is C17H26BrN3O2. The highest BCUT2D eigenvalue weighted by Crippen LogP contribution is 2.27. The number of ether oxygens (including phenoxy) is 2. The number of hydrogen-bond donors (Lipinski definition) is 0. The molecular weight excluding hydrogens is 358 g/mol. The van der Waals surface area contributed by atoms with Crippen LogP contribution in [-0.4, -0.2) is 28.7 Å². The summed E-state index contributed by atoms with van der Waals surface area (Å²) in [6.07, 6.45) is 4.69. The Labute approximate surface area is 146 Å². The summed E-state index contributed by atoms with van der Waals surface area (Å²) in [4.78, 5) is 8.94. The number of aliphatic imine (C=N–C) groups is 1. The molecule has 0 N–H and O–H groups in total. The van der Waals surface area contributed by atoms with Crippen LogP contribution in [0.3, 0.4) is 0 Å². The summed E-state index contributed by atoms with van der Waals surface area (Å²) in [5.41, 5.74) is 1.92. The predicted molar refractivity (Wildman–Crippen MR) is 96.1 cm³/mol. The first-order chi connectivity index (χ1) is 10.9. The quantitative estimate of drug-likeness (QED) is 0.529. The molecule has 0 bridgehead atoms.